The van der Waals surface area contributed by atoms with Gasteiger partial charge in [-0.1, -0.05) is 0 Å². The fourth-order valence-electron chi connectivity index (χ4n) is 3.76. The van der Waals surface area contributed by atoms with Gasteiger partial charge in [0, 0.05) is 31.0 Å². The molecular weight excluding hydrogens is 264 g/mol. The van der Waals surface area contributed by atoms with Crippen LogP contribution in [0.3, 0.4) is 0 Å². The molecule has 21 heavy (non-hydrogen) atoms. The normalized spacial score (nSPS) is 27.0. The minimum absolute atomic E-state index is 0.133. The number of rotatable bonds is 5. The number of nitrogens with one attached hydrogen (secondary N) is 1. The van der Waals surface area contributed by atoms with Gasteiger partial charge < -0.3 is 10.2 Å². The van der Waals surface area contributed by atoms with Crippen LogP contribution in [0.4, 0.5) is 0 Å². The molecule has 0 atom stereocenters. The van der Waals surface area contributed by atoms with Crippen LogP contribution in [-0.2, 0) is 9.59 Å². The van der Waals surface area contributed by atoms with E-state index < -0.39 is 0 Å². The lowest BCUT2D eigenvalue weighted by Gasteiger charge is -2.32. The molecule has 4 heteroatoms. The molecule has 1 aliphatic heterocycles. The Balaban J connectivity index is 1.26. The maximum absolute atomic E-state index is 12.5. The van der Waals surface area contributed by atoms with E-state index in [1.807, 2.05) is 4.90 Å². The second kappa shape index (κ2) is 5.29. The van der Waals surface area contributed by atoms with Gasteiger partial charge in [-0.3, -0.25) is 9.59 Å². The molecule has 1 saturated heterocycles. The topological polar surface area (TPSA) is 49.4 Å². The minimum Gasteiger partial charge on any atom is -0.353 e. The van der Waals surface area contributed by atoms with Gasteiger partial charge >= 0.3 is 0 Å². The summed E-state index contributed by atoms with van der Waals surface area (Å²) in [4.78, 5) is 26.5. The highest BCUT2D eigenvalue weighted by Crippen LogP contribution is 2.44. The second-order valence-corrected chi connectivity index (χ2v) is 7.58. The maximum atomic E-state index is 12.5. The zero-order valence-corrected chi connectivity index (χ0v) is 12.7. The standard InChI is InChI=1S/C17H26N2O2/c20-16(18-15(11-1-2-11)12-3-4-12)13-7-9-19(10-8-13)17(21)14-5-6-14/h11-15H,1-10H2,(H,18,20). The van der Waals surface area contributed by atoms with Crippen LogP contribution in [0.5, 0.6) is 0 Å². The van der Waals surface area contributed by atoms with Gasteiger partial charge in [-0.25, -0.2) is 0 Å². The molecule has 116 valence electrons. The van der Waals surface area contributed by atoms with E-state index in [0.717, 1.165) is 50.6 Å². The summed E-state index contributed by atoms with van der Waals surface area (Å²) in [5.41, 5.74) is 0. The predicted molar refractivity (Wildman–Crippen MR) is 79.4 cm³/mol. The average molecular weight is 290 g/mol. The summed E-state index contributed by atoms with van der Waals surface area (Å²) in [7, 11) is 0. The van der Waals surface area contributed by atoms with Crippen molar-refractivity contribution in [2.45, 2.75) is 57.4 Å². The van der Waals surface area contributed by atoms with Crippen molar-refractivity contribution in [3.05, 3.63) is 0 Å². The number of piperidine rings is 1. The largest absolute Gasteiger partial charge is 0.353 e. The first-order valence-corrected chi connectivity index (χ1v) is 8.81. The number of amides is 2. The summed E-state index contributed by atoms with van der Waals surface area (Å²) in [5.74, 6) is 2.56. The summed E-state index contributed by atoms with van der Waals surface area (Å²) in [6.07, 6.45) is 9.06. The highest BCUT2D eigenvalue weighted by molar-refractivity contribution is 5.82. The molecule has 0 bridgehead atoms. The van der Waals surface area contributed by atoms with E-state index >= 15 is 0 Å². The molecule has 0 aromatic heterocycles. The Morgan fingerprint density at radius 2 is 1.38 bits per heavy atom. The lowest BCUT2D eigenvalue weighted by molar-refractivity contribution is -0.136. The summed E-state index contributed by atoms with van der Waals surface area (Å²) in [6, 6.07) is 0.462. The highest BCUT2D eigenvalue weighted by Gasteiger charge is 2.43. The van der Waals surface area contributed by atoms with Gasteiger partial charge in [0.1, 0.15) is 0 Å². The molecule has 3 saturated carbocycles. The first-order valence-electron chi connectivity index (χ1n) is 8.81. The molecule has 4 aliphatic rings. The van der Waals surface area contributed by atoms with Crippen molar-refractivity contribution >= 4 is 11.8 Å². The van der Waals surface area contributed by atoms with Crippen molar-refractivity contribution in [2.24, 2.45) is 23.7 Å². The third-order valence-electron chi connectivity index (χ3n) is 5.67. The van der Waals surface area contributed by atoms with Crippen molar-refractivity contribution in [2.75, 3.05) is 13.1 Å². The molecule has 0 unspecified atom stereocenters. The SMILES string of the molecule is O=C(NC(C1CC1)C1CC1)C1CCN(C(=O)C2CC2)CC1. The Morgan fingerprint density at radius 3 is 1.86 bits per heavy atom. The Bertz CT molecular complexity index is 418. The van der Waals surface area contributed by atoms with Gasteiger partial charge in [0.05, 0.1) is 0 Å². The second-order valence-electron chi connectivity index (χ2n) is 7.58. The fraction of sp³-hybridized carbons (Fsp3) is 0.882. The molecule has 4 fully saturated rings. The van der Waals surface area contributed by atoms with E-state index in [9.17, 15) is 9.59 Å². The molecule has 0 aromatic carbocycles. The molecule has 4 nitrogen and oxygen atoms in total. The lowest BCUT2D eigenvalue weighted by Crippen LogP contribution is -2.46. The van der Waals surface area contributed by atoms with Crippen LogP contribution < -0.4 is 5.32 Å². The molecule has 0 radical (unpaired) electrons. The smallest absolute Gasteiger partial charge is 0.225 e. The van der Waals surface area contributed by atoms with E-state index in [0.29, 0.717) is 17.9 Å². The first-order chi connectivity index (χ1) is 10.2. The van der Waals surface area contributed by atoms with Crippen molar-refractivity contribution in [3.63, 3.8) is 0 Å². The van der Waals surface area contributed by atoms with Gasteiger partial charge in [0.15, 0.2) is 0 Å². The van der Waals surface area contributed by atoms with Crippen LogP contribution in [0.15, 0.2) is 0 Å². The molecule has 2 amide bonds. The van der Waals surface area contributed by atoms with Crippen LogP contribution in [-0.4, -0.2) is 35.8 Å². The molecular formula is C17H26N2O2. The first kappa shape index (κ1) is 13.6. The van der Waals surface area contributed by atoms with E-state index in [1.54, 1.807) is 0 Å². The number of hydrogen-bond donors (Lipinski definition) is 1. The van der Waals surface area contributed by atoms with E-state index in [1.165, 1.54) is 25.7 Å². The lowest BCUT2D eigenvalue weighted by atomic mass is 9.94. The monoisotopic (exact) mass is 290 g/mol. The van der Waals surface area contributed by atoms with Crippen LogP contribution >= 0.6 is 0 Å². The molecule has 0 spiro atoms. The number of likely N-dealkylation sites (tertiary alicyclic amines) is 1. The van der Waals surface area contributed by atoms with Crippen molar-refractivity contribution in [1.29, 1.82) is 0 Å². The van der Waals surface area contributed by atoms with Crippen LogP contribution in [0.1, 0.15) is 51.4 Å². The third kappa shape index (κ3) is 3.09. The van der Waals surface area contributed by atoms with Gasteiger partial charge in [-0.15, -0.1) is 0 Å². The molecule has 1 heterocycles. The highest BCUT2D eigenvalue weighted by atomic mass is 16.2. The molecule has 3 aliphatic carbocycles. The maximum Gasteiger partial charge on any atom is 0.225 e. The number of nitrogens with zero attached hydrogens (tertiary/aromatic N) is 1. The quantitative estimate of drug-likeness (QED) is 0.841. The summed E-state index contributed by atoms with van der Waals surface area (Å²) < 4.78 is 0. The Labute approximate surface area is 126 Å². The van der Waals surface area contributed by atoms with Gasteiger partial charge in [-0.2, -0.15) is 0 Å². The summed E-state index contributed by atoms with van der Waals surface area (Å²) in [6.45, 7) is 1.57. The Morgan fingerprint density at radius 1 is 0.810 bits per heavy atom. The minimum atomic E-state index is 0.133. The number of carbonyl (C=O) groups excluding carboxylic acids is 2. The van der Waals surface area contributed by atoms with E-state index in [-0.39, 0.29) is 11.8 Å². The zero-order chi connectivity index (χ0) is 14.4. The van der Waals surface area contributed by atoms with Crippen molar-refractivity contribution < 1.29 is 9.59 Å². The third-order valence-corrected chi connectivity index (χ3v) is 5.67. The average Bonchev–Trinajstić information content (AvgIpc) is 3.38. The summed E-state index contributed by atoms with van der Waals surface area (Å²) in [5, 5.41) is 3.35. The molecule has 1 N–H and O–H groups in total. The Hall–Kier alpha value is -1.06. The van der Waals surface area contributed by atoms with Crippen LogP contribution in [0.2, 0.25) is 0 Å². The van der Waals surface area contributed by atoms with Gasteiger partial charge in [0.25, 0.3) is 0 Å². The zero-order valence-electron chi connectivity index (χ0n) is 12.7. The van der Waals surface area contributed by atoms with Crippen molar-refractivity contribution in [3.8, 4) is 0 Å². The fourth-order valence-corrected chi connectivity index (χ4v) is 3.76. The van der Waals surface area contributed by atoms with E-state index in [2.05, 4.69) is 5.32 Å². The Kier molecular flexibility index (Phi) is 3.43. The number of carbonyl (C=O) groups is 2. The van der Waals surface area contributed by atoms with Crippen molar-refractivity contribution in [1.82, 2.24) is 10.2 Å². The summed E-state index contributed by atoms with van der Waals surface area (Å²) >= 11 is 0. The predicted octanol–water partition coefficient (Wildman–Crippen LogP) is 1.94. The van der Waals surface area contributed by atoms with E-state index in [4.69, 9.17) is 0 Å². The van der Waals surface area contributed by atoms with Gasteiger partial charge in [0.2, 0.25) is 11.8 Å². The van der Waals surface area contributed by atoms with Crippen LogP contribution in [0, 0.1) is 23.7 Å². The van der Waals surface area contributed by atoms with Gasteiger partial charge in [-0.05, 0) is 63.2 Å². The molecule has 4 rings (SSSR count). The molecule has 0 aromatic rings. The number of hydrogen-bond acceptors (Lipinski definition) is 2. The van der Waals surface area contributed by atoms with Crippen LogP contribution in [0.25, 0.3) is 0 Å².